The summed E-state index contributed by atoms with van der Waals surface area (Å²) in [5.41, 5.74) is 2.14. The predicted molar refractivity (Wildman–Crippen MR) is 127 cm³/mol. The Morgan fingerprint density at radius 3 is 2.47 bits per heavy atom. The normalized spacial score (nSPS) is 16.2. The molecule has 10 heteroatoms. The van der Waals surface area contributed by atoms with Crippen LogP contribution in [0.1, 0.15) is 44.4 Å². The molecule has 8 nitrogen and oxygen atoms in total. The average molecular weight is 483 g/mol. The lowest BCUT2D eigenvalue weighted by atomic mass is 9.83. The van der Waals surface area contributed by atoms with Crippen LogP contribution in [-0.2, 0) is 26.1 Å². The highest BCUT2D eigenvalue weighted by Gasteiger charge is 2.26. The molecule has 1 heterocycles. The molecule has 1 aromatic carbocycles. The molecule has 1 amide bonds. The van der Waals surface area contributed by atoms with E-state index in [-0.39, 0.29) is 17.9 Å². The molecular formula is C22H31N2O6PS. The number of benzene rings is 1. The maximum Gasteiger partial charge on any atom is 0.327 e. The van der Waals surface area contributed by atoms with E-state index in [2.05, 4.69) is 0 Å². The van der Waals surface area contributed by atoms with Crippen LogP contribution in [0.15, 0.2) is 28.6 Å². The smallest absolute Gasteiger partial charge is 0.327 e. The maximum atomic E-state index is 12.9. The Morgan fingerprint density at radius 1 is 1.28 bits per heavy atom. The van der Waals surface area contributed by atoms with Gasteiger partial charge in [0.1, 0.15) is 5.75 Å². The fraction of sp³-hybridized carbons (Fsp3) is 0.455. The number of carbonyl (C=O) groups is 2. The Morgan fingerprint density at radius 2 is 1.94 bits per heavy atom. The van der Waals surface area contributed by atoms with E-state index in [1.165, 1.54) is 29.8 Å². The topological polar surface area (TPSA) is 107 Å². The quantitative estimate of drug-likeness (QED) is 0.263. The summed E-state index contributed by atoms with van der Waals surface area (Å²) in [7, 11) is -0.367. The summed E-state index contributed by atoms with van der Waals surface area (Å²) < 4.78 is 16.8. The highest BCUT2D eigenvalue weighted by atomic mass is 32.2. The van der Waals surface area contributed by atoms with Gasteiger partial charge in [0, 0.05) is 37.3 Å². The standard InChI is InChI=1S/C22H31N2O6PS/c1-15(25)30-20-17(14-23(5)6)11-16(12-18(20)22(2,3)4)13-19-21(26)24(8-10-32-19)7-9-31(27,28)29/h8,10-13H,7,9,14H2,1-6H3,(H2,27,28,29). The Labute approximate surface area is 193 Å². The molecule has 1 aromatic rings. The van der Waals surface area contributed by atoms with Crippen molar-refractivity contribution in [1.29, 1.82) is 0 Å². The van der Waals surface area contributed by atoms with Crippen LogP contribution in [0.25, 0.3) is 6.08 Å². The Bertz CT molecular complexity index is 991. The van der Waals surface area contributed by atoms with Crippen LogP contribution >= 0.6 is 19.4 Å². The molecule has 0 saturated carbocycles. The summed E-state index contributed by atoms with van der Waals surface area (Å²) in [5, 5.41) is 1.71. The third-order valence-electron chi connectivity index (χ3n) is 4.57. The van der Waals surface area contributed by atoms with E-state index >= 15 is 0 Å². The van der Waals surface area contributed by atoms with Gasteiger partial charge >= 0.3 is 13.6 Å². The van der Waals surface area contributed by atoms with Gasteiger partial charge in [-0.1, -0.05) is 32.5 Å². The zero-order valence-corrected chi connectivity index (χ0v) is 21.0. The number of carbonyl (C=O) groups excluding carboxylic acids is 2. The van der Waals surface area contributed by atoms with Gasteiger partial charge < -0.3 is 24.3 Å². The number of ether oxygens (including phenoxy) is 1. The first-order valence-corrected chi connectivity index (χ1v) is 12.8. The second-order valence-corrected chi connectivity index (χ2v) is 11.7. The highest BCUT2D eigenvalue weighted by molar-refractivity contribution is 8.06. The average Bonchev–Trinajstić information content (AvgIpc) is 2.62. The van der Waals surface area contributed by atoms with Gasteiger partial charge in [0.2, 0.25) is 0 Å². The van der Waals surface area contributed by atoms with Crippen LogP contribution in [0.4, 0.5) is 0 Å². The zero-order chi connectivity index (χ0) is 24.3. The van der Waals surface area contributed by atoms with Gasteiger partial charge in [0.25, 0.3) is 5.91 Å². The molecule has 32 heavy (non-hydrogen) atoms. The molecule has 0 saturated heterocycles. The number of nitrogens with zero attached hydrogens (tertiary/aromatic N) is 2. The number of esters is 1. The molecule has 2 N–H and O–H groups in total. The Kier molecular flexibility index (Phi) is 8.53. The number of thioether (sulfide) groups is 1. The molecule has 1 aliphatic rings. The molecule has 0 fully saturated rings. The Hall–Kier alpha value is -1.90. The van der Waals surface area contributed by atoms with Crippen molar-refractivity contribution in [3.63, 3.8) is 0 Å². The molecule has 0 atom stereocenters. The molecule has 0 aromatic heterocycles. The lowest BCUT2D eigenvalue weighted by molar-refractivity contribution is -0.132. The van der Waals surface area contributed by atoms with Crippen molar-refractivity contribution < 1.29 is 28.7 Å². The fourth-order valence-corrected chi connectivity index (χ4v) is 4.43. The van der Waals surface area contributed by atoms with Crippen molar-refractivity contribution in [3.8, 4) is 5.75 Å². The number of rotatable bonds is 7. The third kappa shape index (κ3) is 7.60. The fourth-order valence-electron chi connectivity index (χ4n) is 3.17. The summed E-state index contributed by atoms with van der Waals surface area (Å²) in [5.74, 6) is -0.182. The first-order valence-electron chi connectivity index (χ1n) is 10.1. The summed E-state index contributed by atoms with van der Waals surface area (Å²) >= 11 is 1.25. The van der Waals surface area contributed by atoms with E-state index < -0.39 is 19.7 Å². The van der Waals surface area contributed by atoms with Crippen molar-refractivity contribution >= 4 is 37.3 Å². The van der Waals surface area contributed by atoms with Gasteiger partial charge in [-0.25, -0.2) is 0 Å². The van der Waals surface area contributed by atoms with Gasteiger partial charge in [0.15, 0.2) is 0 Å². The number of hydrogen-bond acceptors (Lipinski definition) is 6. The van der Waals surface area contributed by atoms with E-state index in [1.54, 1.807) is 11.5 Å². The first-order chi connectivity index (χ1) is 14.7. The predicted octanol–water partition coefficient (Wildman–Crippen LogP) is 3.54. The van der Waals surface area contributed by atoms with Crippen molar-refractivity contribution in [1.82, 2.24) is 9.80 Å². The van der Waals surface area contributed by atoms with Crippen LogP contribution in [0.3, 0.4) is 0 Å². The molecular weight excluding hydrogens is 451 g/mol. The van der Waals surface area contributed by atoms with Crippen LogP contribution in [0.2, 0.25) is 0 Å². The lowest BCUT2D eigenvalue weighted by Crippen LogP contribution is -2.30. The van der Waals surface area contributed by atoms with E-state index in [4.69, 9.17) is 14.5 Å². The summed E-state index contributed by atoms with van der Waals surface area (Å²) in [4.78, 5) is 46.6. The SMILES string of the molecule is CC(=O)Oc1c(CN(C)C)cc(C=C2SC=CN(CCP(=O)(O)O)C2=O)cc1C(C)(C)C. The number of amides is 1. The molecule has 0 unspecified atom stereocenters. The highest BCUT2D eigenvalue weighted by Crippen LogP contribution is 2.38. The van der Waals surface area contributed by atoms with Crippen LogP contribution < -0.4 is 4.74 Å². The molecule has 1 aliphatic heterocycles. The second-order valence-electron chi connectivity index (χ2n) is 8.94. The Balaban J connectivity index is 2.51. The van der Waals surface area contributed by atoms with Gasteiger partial charge in [-0.2, -0.15) is 0 Å². The van der Waals surface area contributed by atoms with Crippen molar-refractivity contribution in [2.24, 2.45) is 0 Å². The van der Waals surface area contributed by atoms with Gasteiger partial charge in [0.05, 0.1) is 11.1 Å². The minimum Gasteiger partial charge on any atom is -0.426 e. The van der Waals surface area contributed by atoms with Crippen molar-refractivity contribution in [3.05, 3.63) is 45.3 Å². The maximum absolute atomic E-state index is 12.9. The molecule has 0 bridgehead atoms. The molecule has 2 rings (SSSR count). The number of hydrogen-bond donors (Lipinski definition) is 2. The van der Waals surface area contributed by atoms with E-state index in [9.17, 15) is 14.2 Å². The molecule has 0 radical (unpaired) electrons. The summed E-state index contributed by atoms with van der Waals surface area (Å²) in [6.07, 6.45) is 2.88. The minimum atomic E-state index is -4.21. The minimum absolute atomic E-state index is 0.0674. The third-order valence-corrected chi connectivity index (χ3v) is 6.15. The summed E-state index contributed by atoms with van der Waals surface area (Å²) in [6, 6.07) is 3.81. The molecule has 176 valence electrons. The zero-order valence-electron chi connectivity index (χ0n) is 19.3. The largest absolute Gasteiger partial charge is 0.426 e. The molecule has 0 aliphatic carbocycles. The van der Waals surface area contributed by atoms with Gasteiger partial charge in [-0.15, -0.1) is 0 Å². The second kappa shape index (κ2) is 10.4. The van der Waals surface area contributed by atoms with Crippen molar-refractivity contribution in [2.75, 3.05) is 26.8 Å². The van der Waals surface area contributed by atoms with Crippen LogP contribution in [0.5, 0.6) is 5.75 Å². The van der Waals surface area contributed by atoms with E-state index in [0.717, 1.165) is 16.7 Å². The van der Waals surface area contributed by atoms with E-state index in [0.29, 0.717) is 17.2 Å². The lowest BCUT2D eigenvalue weighted by Gasteiger charge is -2.26. The molecule has 0 spiro atoms. The van der Waals surface area contributed by atoms with Gasteiger partial charge in [-0.3, -0.25) is 14.2 Å². The van der Waals surface area contributed by atoms with E-state index in [1.807, 2.05) is 51.9 Å². The first kappa shape index (κ1) is 26.4. The van der Waals surface area contributed by atoms with Crippen LogP contribution in [-0.4, -0.2) is 58.3 Å². The monoisotopic (exact) mass is 482 g/mol. The van der Waals surface area contributed by atoms with Gasteiger partial charge in [-0.05, 0) is 48.7 Å². The van der Waals surface area contributed by atoms with Crippen LogP contribution in [0, 0.1) is 0 Å². The summed E-state index contributed by atoms with van der Waals surface area (Å²) in [6.45, 7) is 7.92. The van der Waals surface area contributed by atoms with Crippen molar-refractivity contribution in [2.45, 2.75) is 39.7 Å².